The van der Waals surface area contributed by atoms with E-state index in [0.29, 0.717) is 24.3 Å². The molecule has 0 amide bonds. The van der Waals surface area contributed by atoms with Gasteiger partial charge in [-0.05, 0) is 69.2 Å². The van der Waals surface area contributed by atoms with Gasteiger partial charge in [0.1, 0.15) is 0 Å². The van der Waals surface area contributed by atoms with Crippen LogP contribution in [-0.2, 0) is 14.5 Å². The maximum absolute atomic E-state index is 8.89. The average Bonchev–Trinajstić information content (AvgIpc) is 2.95. The third-order valence-corrected chi connectivity index (χ3v) is 7.53. The third-order valence-electron chi connectivity index (χ3n) is 7.53. The first kappa shape index (κ1) is 16.0. The van der Waals surface area contributed by atoms with Gasteiger partial charge in [0.05, 0.1) is 6.61 Å². The van der Waals surface area contributed by atoms with Crippen LogP contribution in [0.25, 0.3) is 0 Å². The molecule has 5 aliphatic carbocycles. The first-order chi connectivity index (χ1) is 11.7. The van der Waals surface area contributed by atoms with Crippen molar-refractivity contribution in [3.8, 4) is 0 Å². The standard InChI is InChI=1S/C19H31NO4/c21-6-5-20-12-13-1-3-18(4-2-13)22-19(24-23-18)16-8-14-7-15(10-16)11-17(19)9-14/h13-17,20-21H,1-12H2/t13-,14?,15?,16?,17?,18+,19-. The summed E-state index contributed by atoms with van der Waals surface area (Å²) in [7, 11) is 0. The highest BCUT2D eigenvalue weighted by Crippen LogP contribution is 2.63. The van der Waals surface area contributed by atoms with Crippen molar-refractivity contribution >= 4 is 0 Å². The SMILES string of the molecule is OCCNC[C@H]1CC[C@]2(CC1)OO[C@]1(O2)C2CC3CC(C2)CC1C3. The van der Waals surface area contributed by atoms with Crippen LogP contribution >= 0.6 is 0 Å². The molecule has 2 spiro atoms. The minimum atomic E-state index is -0.483. The number of hydrogen-bond donors (Lipinski definition) is 2. The van der Waals surface area contributed by atoms with Crippen LogP contribution < -0.4 is 5.32 Å². The molecule has 1 heterocycles. The van der Waals surface area contributed by atoms with Crippen LogP contribution in [0.1, 0.15) is 57.8 Å². The highest BCUT2D eigenvalue weighted by molar-refractivity contribution is 5.05. The fourth-order valence-corrected chi connectivity index (χ4v) is 6.50. The molecular weight excluding hydrogens is 306 g/mol. The summed E-state index contributed by atoms with van der Waals surface area (Å²) in [5, 5.41) is 12.2. The molecule has 5 heteroatoms. The Morgan fingerprint density at radius 3 is 2.21 bits per heavy atom. The second-order valence-corrected chi connectivity index (χ2v) is 9.08. The molecule has 0 aromatic carbocycles. The zero-order chi connectivity index (χ0) is 16.2. The molecule has 0 aromatic rings. The van der Waals surface area contributed by atoms with Crippen LogP contribution in [0.5, 0.6) is 0 Å². The van der Waals surface area contributed by atoms with Gasteiger partial charge in [-0.15, -0.1) is 0 Å². The van der Waals surface area contributed by atoms with E-state index in [2.05, 4.69) is 5.32 Å². The fraction of sp³-hybridized carbons (Fsp3) is 1.00. The second-order valence-electron chi connectivity index (χ2n) is 9.08. The van der Waals surface area contributed by atoms with Gasteiger partial charge in [0.15, 0.2) is 0 Å². The number of ether oxygens (including phenoxy) is 1. The Bertz CT molecular complexity index is 446. The Morgan fingerprint density at radius 2 is 1.58 bits per heavy atom. The number of rotatable bonds is 4. The lowest BCUT2D eigenvalue weighted by molar-refractivity contribution is -0.390. The van der Waals surface area contributed by atoms with E-state index in [4.69, 9.17) is 19.6 Å². The Balaban J connectivity index is 1.23. The van der Waals surface area contributed by atoms with E-state index in [-0.39, 0.29) is 6.61 Å². The lowest BCUT2D eigenvalue weighted by atomic mass is 9.53. The first-order valence-corrected chi connectivity index (χ1v) is 10.1. The van der Waals surface area contributed by atoms with Gasteiger partial charge in [0.25, 0.3) is 0 Å². The molecule has 136 valence electrons. The van der Waals surface area contributed by atoms with Gasteiger partial charge < -0.3 is 15.2 Å². The van der Waals surface area contributed by atoms with E-state index in [9.17, 15) is 0 Å². The van der Waals surface area contributed by atoms with E-state index >= 15 is 0 Å². The van der Waals surface area contributed by atoms with Crippen molar-refractivity contribution < 1.29 is 19.6 Å². The quantitative estimate of drug-likeness (QED) is 0.610. The van der Waals surface area contributed by atoms with Crippen molar-refractivity contribution in [2.45, 2.75) is 69.4 Å². The maximum atomic E-state index is 8.89. The smallest absolute Gasteiger partial charge is 0.210 e. The molecule has 0 radical (unpaired) electrons. The fourth-order valence-electron chi connectivity index (χ4n) is 6.50. The van der Waals surface area contributed by atoms with Crippen LogP contribution in [0.3, 0.4) is 0 Å². The summed E-state index contributed by atoms with van der Waals surface area (Å²) >= 11 is 0. The molecule has 6 fully saturated rings. The van der Waals surface area contributed by atoms with Crippen molar-refractivity contribution in [1.82, 2.24) is 5.32 Å². The van der Waals surface area contributed by atoms with Gasteiger partial charge in [-0.1, -0.05) is 0 Å². The molecule has 24 heavy (non-hydrogen) atoms. The molecule has 6 rings (SSSR count). The van der Waals surface area contributed by atoms with Crippen molar-refractivity contribution in [2.75, 3.05) is 19.7 Å². The molecule has 1 aliphatic heterocycles. The monoisotopic (exact) mass is 337 g/mol. The third kappa shape index (κ3) is 2.47. The van der Waals surface area contributed by atoms with Crippen molar-refractivity contribution in [2.24, 2.45) is 29.6 Å². The number of nitrogens with one attached hydrogen (secondary N) is 1. The minimum absolute atomic E-state index is 0.212. The van der Waals surface area contributed by atoms with Gasteiger partial charge in [-0.2, -0.15) is 9.78 Å². The summed E-state index contributed by atoms with van der Waals surface area (Å²) in [6.07, 6.45) is 10.6. The van der Waals surface area contributed by atoms with E-state index < -0.39 is 11.6 Å². The Hall–Kier alpha value is -0.200. The number of aliphatic hydroxyl groups is 1. The molecule has 2 N–H and O–H groups in total. The van der Waals surface area contributed by atoms with Crippen LogP contribution in [0, 0.1) is 29.6 Å². The number of hydrogen-bond acceptors (Lipinski definition) is 5. The van der Waals surface area contributed by atoms with Crippen molar-refractivity contribution in [3.63, 3.8) is 0 Å². The zero-order valence-electron chi connectivity index (χ0n) is 14.5. The predicted molar refractivity (Wildman–Crippen MR) is 87.7 cm³/mol. The van der Waals surface area contributed by atoms with Gasteiger partial charge in [0.2, 0.25) is 11.6 Å². The molecule has 4 bridgehead atoms. The average molecular weight is 337 g/mol. The van der Waals surface area contributed by atoms with Crippen LogP contribution in [0.4, 0.5) is 0 Å². The van der Waals surface area contributed by atoms with Crippen molar-refractivity contribution in [3.05, 3.63) is 0 Å². The normalized spacial score (nSPS) is 52.6. The van der Waals surface area contributed by atoms with E-state index in [1.165, 1.54) is 32.1 Å². The van der Waals surface area contributed by atoms with Crippen LogP contribution in [0.15, 0.2) is 0 Å². The van der Waals surface area contributed by atoms with Crippen molar-refractivity contribution in [1.29, 1.82) is 0 Å². The highest BCUT2D eigenvalue weighted by Gasteiger charge is 2.66. The van der Waals surface area contributed by atoms with Gasteiger partial charge in [0, 0.05) is 31.2 Å². The molecular formula is C19H31NO4. The van der Waals surface area contributed by atoms with Gasteiger partial charge in [-0.3, -0.25) is 0 Å². The molecule has 0 aromatic heterocycles. The van der Waals surface area contributed by atoms with Gasteiger partial charge in [-0.25, -0.2) is 0 Å². The molecule has 0 unspecified atom stereocenters. The molecule has 0 atom stereocenters. The molecule has 1 saturated heterocycles. The Morgan fingerprint density at radius 1 is 0.917 bits per heavy atom. The summed E-state index contributed by atoms with van der Waals surface area (Å²) in [5.41, 5.74) is 0. The summed E-state index contributed by atoms with van der Waals surface area (Å²) in [6.45, 7) is 1.88. The first-order valence-electron chi connectivity index (χ1n) is 10.1. The maximum Gasteiger partial charge on any atom is 0.210 e. The predicted octanol–water partition coefficient (Wildman–Crippen LogP) is 2.59. The molecule has 5 saturated carbocycles. The van der Waals surface area contributed by atoms with E-state index in [0.717, 1.165) is 44.1 Å². The lowest BCUT2D eigenvalue weighted by Crippen LogP contribution is -2.59. The van der Waals surface area contributed by atoms with Gasteiger partial charge >= 0.3 is 0 Å². The summed E-state index contributed by atoms with van der Waals surface area (Å²) in [5.74, 6) is 2.68. The largest absolute Gasteiger partial charge is 0.395 e. The topological polar surface area (TPSA) is 60.0 Å². The van der Waals surface area contributed by atoms with E-state index in [1.807, 2.05) is 0 Å². The Kier molecular flexibility index (Phi) is 3.95. The second kappa shape index (κ2) is 5.92. The van der Waals surface area contributed by atoms with Crippen LogP contribution in [-0.4, -0.2) is 36.4 Å². The molecule has 5 nitrogen and oxygen atoms in total. The van der Waals surface area contributed by atoms with E-state index in [1.54, 1.807) is 0 Å². The molecule has 6 aliphatic rings. The summed E-state index contributed by atoms with van der Waals surface area (Å²) in [6, 6.07) is 0. The number of aliphatic hydroxyl groups excluding tert-OH is 1. The summed E-state index contributed by atoms with van der Waals surface area (Å²) in [4.78, 5) is 12.0. The summed E-state index contributed by atoms with van der Waals surface area (Å²) < 4.78 is 6.72. The Labute approximate surface area is 144 Å². The highest BCUT2D eigenvalue weighted by atomic mass is 17.3. The van der Waals surface area contributed by atoms with Crippen LogP contribution in [0.2, 0.25) is 0 Å². The minimum Gasteiger partial charge on any atom is -0.395 e. The zero-order valence-corrected chi connectivity index (χ0v) is 14.5. The lowest BCUT2D eigenvalue weighted by Gasteiger charge is -2.57.